The van der Waals surface area contributed by atoms with Crippen molar-refractivity contribution in [3.8, 4) is 11.1 Å². The van der Waals surface area contributed by atoms with Crippen molar-refractivity contribution < 1.29 is 28.0 Å². The number of benzene rings is 1. The van der Waals surface area contributed by atoms with Crippen molar-refractivity contribution in [1.82, 2.24) is 10.5 Å². The van der Waals surface area contributed by atoms with Gasteiger partial charge in [0.25, 0.3) is 5.91 Å². The number of carbonyl (C=O) groups is 2. The third kappa shape index (κ3) is 4.08. The van der Waals surface area contributed by atoms with Gasteiger partial charge >= 0.3 is 6.09 Å². The first-order chi connectivity index (χ1) is 13.7. The van der Waals surface area contributed by atoms with Gasteiger partial charge in [0.05, 0.1) is 6.54 Å². The van der Waals surface area contributed by atoms with Crippen LogP contribution in [0.25, 0.3) is 11.1 Å². The Bertz CT molecular complexity index is 1010. The predicted octanol–water partition coefficient (Wildman–Crippen LogP) is 1.77. The van der Waals surface area contributed by atoms with E-state index in [1.165, 1.54) is 17.3 Å². The third-order valence-electron chi connectivity index (χ3n) is 5.02. The van der Waals surface area contributed by atoms with Crippen LogP contribution in [-0.2, 0) is 19.4 Å². The number of pyridine rings is 1. The summed E-state index contributed by atoms with van der Waals surface area (Å²) < 4.78 is 27.5. The van der Waals surface area contributed by atoms with Crippen LogP contribution in [0.3, 0.4) is 0 Å². The van der Waals surface area contributed by atoms with E-state index in [4.69, 9.17) is 9.94 Å². The van der Waals surface area contributed by atoms with Gasteiger partial charge in [0.2, 0.25) is 0 Å². The second-order valence-corrected chi connectivity index (χ2v) is 9.48. The summed E-state index contributed by atoms with van der Waals surface area (Å²) in [6.45, 7) is 1.21. The number of amides is 2. The van der Waals surface area contributed by atoms with E-state index in [2.05, 4.69) is 4.98 Å². The number of ether oxygens (including phenoxy) is 1. The molecule has 2 atom stereocenters. The number of aromatic nitrogens is 1. The normalized spacial score (nSPS) is 18.8. The summed E-state index contributed by atoms with van der Waals surface area (Å²) in [5.74, 6) is -0.732. The Morgan fingerprint density at radius 1 is 1.28 bits per heavy atom. The Kier molecular flexibility index (Phi) is 5.58. The summed E-state index contributed by atoms with van der Waals surface area (Å²) >= 11 is 0. The van der Waals surface area contributed by atoms with E-state index in [1.54, 1.807) is 12.3 Å². The predicted molar refractivity (Wildman–Crippen MR) is 105 cm³/mol. The van der Waals surface area contributed by atoms with Gasteiger partial charge in [-0.1, -0.05) is 30.3 Å². The maximum Gasteiger partial charge on any atom is 0.415 e. The van der Waals surface area contributed by atoms with E-state index in [0.29, 0.717) is 5.82 Å². The number of hydrogen-bond acceptors (Lipinski definition) is 7. The van der Waals surface area contributed by atoms with Crippen molar-refractivity contribution in [2.45, 2.75) is 24.2 Å². The van der Waals surface area contributed by atoms with E-state index < -0.39 is 32.7 Å². The van der Waals surface area contributed by atoms with Crippen molar-refractivity contribution in [2.24, 2.45) is 0 Å². The molecule has 2 N–H and O–H groups in total. The smallest absolute Gasteiger partial charge is 0.415 e. The molecule has 0 saturated carbocycles. The number of hydrogen-bond donors (Lipinski definition) is 2. The lowest BCUT2D eigenvalue weighted by Crippen LogP contribution is -2.51. The number of nitrogens with one attached hydrogen (secondary N) is 1. The minimum atomic E-state index is -3.90. The van der Waals surface area contributed by atoms with Crippen molar-refractivity contribution >= 4 is 27.7 Å². The SMILES string of the molecule is C[C@@](C[C@H]1CN(c2ccc(-c3ccccc3)cn2)C(=O)O1)(C(=O)NO)S(C)(=O)=O. The number of carbonyl (C=O) groups excluding carboxylic acids is 2. The van der Waals surface area contributed by atoms with Crippen LogP contribution in [0.5, 0.6) is 0 Å². The number of hydroxylamine groups is 1. The van der Waals surface area contributed by atoms with Gasteiger partial charge in [-0.15, -0.1) is 0 Å². The third-order valence-corrected chi connectivity index (χ3v) is 7.01. The molecule has 1 aliphatic heterocycles. The molecule has 3 rings (SSSR count). The average Bonchev–Trinajstić information content (AvgIpc) is 3.07. The highest BCUT2D eigenvalue weighted by atomic mass is 32.2. The van der Waals surface area contributed by atoms with Gasteiger partial charge in [0, 0.05) is 24.4 Å². The number of anilines is 1. The van der Waals surface area contributed by atoms with Gasteiger partial charge in [-0.3, -0.25) is 14.9 Å². The molecular formula is C19H21N3O6S. The van der Waals surface area contributed by atoms with Crippen LogP contribution in [0, 0.1) is 0 Å². The first-order valence-electron chi connectivity index (χ1n) is 8.79. The van der Waals surface area contributed by atoms with E-state index in [-0.39, 0.29) is 13.0 Å². The Balaban J connectivity index is 1.77. The molecule has 0 bridgehead atoms. The second-order valence-electron chi connectivity index (χ2n) is 7.04. The van der Waals surface area contributed by atoms with Gasteiger partial charge in [-0.25, -0.2) is 23.7 Å². The van der Waals surface area contributed by atoms with Crippen LogP contribution in [0.4, 0.5) is 10.6 Å². The number of nitrogens with zero attached hydrogens (tertiary/aromatic N) is 2. The monoisotopic (exact) mass is 419 g/mol. The summed E-state index contributed by atoms with van der Waals surface area (Å²) in [5, 5.41) is 8.92. The van der Waals surface area contributed by atoms with Crippen molar-refractivity contribution in [3.05, 3.63) is 48.7 Å². The van der Waals surface area contributed by atoms with Gasteiger partial charge in [0.15, 0.2) is 14.6 Å². The lowest BCUT2D eigenvalue weighted by atomic mass is 10.0. The van der Waals surface area contributed by atoms with E-state index in [9.17, 15) is 18.0 Å². The molecule has 2 heterocycles. The molecule has 29 heavy (non-hydrogen) atoms. The molecule has 10 heteroatoms. The molecule has 154 valence electrons. The maximum absolute atomic E-state index is 12.3. The number of rotatable bonds is 6. The molecule has 2 aromatic rings. The highest BCUT2D eigenvalue weighted by Gasteiger charge is 2.48. The first-order valence-corrected chi connectivity index (χ1v) is 10.7. The van der Waals surface area contributed by atoms with Crippen molar-refractivity contribution in [1.29, 1.82) is 0 Å². The molecular weight excluding hydrogens is 398 g/mol. The molecule has 1 aliphatic rings. The van der Waals surface area contributed by atoms with Crippen LogP contribution in [0.2, 0.25) is 0 Å². The van der Waals surface area contributed by atoms with Crippen LogP contribution >= 0.6 is 0 Å². The first kappa shape index (κ1) is 20.7. The van der Waals surface area contributed by atoms with Gasteiger partial charge < -0.3 is 4.74 Å². The van der Waals surface area contributed by atoms with Crippen LogP contribution in [0.1, 0.15) is 13.3 Å². The quantitative estimate of drug-likeness (QED) is 0.540. The fourth-order valence-electron chi connectivity index (χ4n) is 3.13. The van der Waals surface area contributed by atoms with Crippen LogP contribution in [-0.4, -0.2) is 54.3 Å². The maximum atomic E-state index is 12.3. The molecule has 1 saturated heterocycles. The molecule has 0 aliphatic carbocycles. The molecule has 1 fully saturated rings. The Morgan fingerprint density at radius 3 is 2.52 bits per heavy atom. The molecule has 2 amide bonds. The van der Waals surface area contributed by atoms with Crippen LogP contribution in [0.15, 0.2) is 48.7 Å². The highest BCUT2D eigenvalue weighted by molar-refractivity contribution is 7.92. The highest BCUT2D eigenvalue weighted by Crippen LogP contribution is 2.30. The molecule has 0 radical (unpaired) electrons. The fraction of sp³-hybridized carbons (Fsp3) is 0.316. The summed E-state index contributed by atoms with van der Waals surface area (Å²) in [7, 11) is -3.90. The molecule has 1 aromatic carbocycles. The number of cyclic esters (lactones) is 1. The zero-order chi connectivity index (χ0) is 21.2. The zero-order valence-electron chi connectivity index (χ0n) is 15.9. The fourth-order valence-corrected chi connectivity index (χ4v) is 4.00. The molecule has 0 unspecified atom stereocenters. The minimum absolute atomic E-state index is 0.0281. The average molecular weight is 419 g/mol. The minimum Gasteiger partial charge on any atom is -0.444 e. The van der Waals surface area contributed by atoms with Gasteiger partial charge in [-0.05, 0) is 24.6 Å². The largest absolute Gasteiger partial charge is 0.444 e. The Hall–Kier alpha value is -2.98. The molecule has 0 spiro atoms. The van der Waals surface area contributed by atoms with E-state index in [1.807, 2.05) is 36.4 Å². The summed E-state index contributed by atoms with van der Waals surface area (Å²) in [5.41, 5.74) is 3.23. The van der Waals surface area contributed by atoms with E-state index in [0.717, 1.165) is 17.4 Å². The second kappa shape index (κ2) is 7.80. The standard InChI is InChI=1S/C19H21N3O6S/c1-19(17(23)21-25,29(2,26)27)10-15-12-22(18(24)28-15)16-9-8-14(11-20-16)13-6-4-3-5-7-13/h3-9,11,15,25H,10,12H2,1-2H3,(H,21,23)/t15-,19+/m0/s1. The number of sulfone groups is 1. The Labute approximate surface area is 168 Å². The topological polar surface area (TPSA) is 126 Å². The zero-order valence-corrected chi connectivity index (χ0v) is 16.7. The van der Waals surface area contributed by atoms with Crippen molar-refractivity contribution in [2.75, 3.05) is 17.7 Å². The van der Waals surface area contributed by atoms with Gasteiger partial charge in [0.1, 0.15) is 11.9 Å². The summed E-state index contributed by atoms with van der Waals surface area (Å²) in [6.07, 6.45) is 0.666. The van der Waals surface area contributed by atoms with Gasteiger partial charge in [-0.2, -0.15) is 0 Å². The summed E-state index contributed by atoms with van der Waals surface area (Å²) in [6, 6.07) is 13.1. The Morgan fingerprint density at radius 2 is 1.97 bits per heavy atom. The molecule has 9 nitrogen and oxygen atoms in total. The van der Waals surface area contributed by atoms with E-state index >= 15 is 0 Å². The van der Waals surface area contributed by atoms with Crippen molar-refractivity contribution in [3.63, 3.8) is 0 Å². The molecule has 1 aromatic heterocycles. The summed E-state index contributed by atoms with van der Waals surface area (Å²) in [4.78, 5) is 29.8. The van der Waals surface area contributed by atoms with Crippen LogP contribution < -0.4 is 10.4 Å². The lowest BCUT2D eigenvalue weighted by molar-refractivity contribution is -0.132. The lowest BCUT2D eigenvalue weighted by Gasteiger charge is -2.26.